The summed E-state index contributed by atoms with van der Waals surface area (Å²) in [5.74, 6) is 1.13. The zero-order valence-corrected chi connectivity index (χ0v) is 11.6. The predicted molar refractivity (Wildman–Crippen MR) is 70.9 cm³/mol. The van der Waals surface area contributed by atoms with E-state index >= 15 is 0 Å². The average Bonchev–Trinajstić information content (AvgIpc) is 2.70. The van der Waals surface area contributed by atoms with Crippen LogP contribution in [0.2, 0.25) is 0 Å². The van der Waals surface area contributed by atoms with E-state index in [0.29, 0.717) is 37.9 Å². The number of aromatic nitrogens is 1. The van der Waals surface area contributed by atoms with Crippen LogP contribution >= 0.6 is 0 Å². The topological polar surface area (TPSA) is 73.9 Å². The molecule has 19 heavy (non-hydrogen) atoms. The molecule has 0 aliphatic rings. The van der Waals surface area contributed by atoms with Crippen LogP contribution in [0.5, 0.6) is 5.95 Å². The number of nitrogens with zero attached hydrogens (tertiary/aromatic N) is 2. The quantitative estimate of drug-likeness (QED) is 0.561. The van der Waals surface area contributed by atoms with Crippen molar-refractivity contribution in [3.05, 3.63) is 11.6 Å². The third kappa shape index (κ3) is 5.54. The van der Waals surface area contributed by atoms with Crippen molar-refractivity contribution in [2.75, 3.05) is 13.2 Å². The van der Waals surface area contributed by atoms with Crippen molar-refractivity contribution in [2.24, 2.45) is 4.99 Å². The van der Waals surface area contributed by atoms with Crippen LogP contribution in [0.1, 0.15) is 38.3 Å². The van der Waals surface area contributed by atoms with Gasteiger partial charge < -0.3 is 13.9 Å². The lowest BCUT2D eigenvalue weighted by atomic mass is 10.2. The summed E-state index contributed by atoms with van der Waals surface area (Å²) in [4.78, 5) is 18.8. The van der Waals surface area contributed by atoms with Crippen molar-refractivity contribution in [2.45, 2.75) is 40.0 Å². The van der Waals surface area contributed by atoms with Gasteiger partial charge in [0.15, 0.2) is 5.89 Å². The van der Waals surface area contributed by atoms with Gasteiger partial charge in [0.1, 0.15) is 5.69 Å². The first-order valence-electron chi connectivity index (χ1n) is 6.45. The summed E-state index contributed by atoms with van der Waals surface area (Å²) in [7, 11) is 0. The van der Waals surface area contributed by atoms with Crippen LogP contribution in [0.3, 0.4) is 0 Å². The number of rotatable bonds is 7. The number of carbonyl (C=O) groups is 1. The third-order valence-corrected chi connectivity index (χ3v) is 2.26. The van der Waals surface area contributed by atoms with E-state index < -0.39 is 6.09 Å². The van der Waals surface area contributed by atoms with Crippen molar-refractivity contribution in [3.8, 4) is 5.95 Å². The van der Waals surface area contributed by atoms with Gasteiger partial charge in [-0.15, -0.1) is 0 Å². The molecule has 0 N–H and O–H groups in total. The minimum absolute atomic E-state index is 0.339. The summed E-state index contributed by atoms with van der Waals surface area (Å²) >= 11 is 0. The number of ether oxygens (including phenoxy) is 2. The molecule has 0 radical (unpaired) electrons. The van der Waals surface area contributed by atoms with Crippen molar-refractivity contribution < 1.29 is 18.7 Å². The molecule has 0 fully saturated rings. The lowest BCUT2D eigenvalue weighted by Gasteiger charge is -1.96. The summed E-state index contributed by atoms with van der Waals surface area (Å²) in [6, 6.07) is 0. The molecule has 0 aromatic carbocycles. The molecule has 1 heterocycles. The predicted octanol–water partition coefficient (Wildman–Crippen LogP) is 2.93. The molecular formula is C13H20N2O4. The maximum atomic E-state index is 10.9. The average molecular weight is 268 g/mol. The normalized spacial score (nSPS) is 10.9. The van der Waals surface area contributed by atoms with E-state index in [-0.39, 0.29) is 0 Å². The molecule has 0 unspecified atom stereocenters. The Hall–Kier alpha value is -1.85. The minimum atomic E-state index is -0.548. The highest BCUT2D eigenvalue weighted by Gasteiger charge is 2.09. The number of oxazole rings is 1. The number of aryl methyl sites for hydroxylation is 2. The Balaban J connectivity index is 2.29. The first-order valence-corrected chi connectivity index (χ1v) is 6.45. The van der Waals surface area contributed by atoms with E-state index in [9.17, 15) is 4.79 Å². The number of aliphatic imine (C=N–C) groups is 1. The molecular weight excluding hydrogens is 248 g/mol. The van der Waals surface area contributed by atoms with Gasteiger partial charge in [0.2, 0.25) is 0 Å². The Labute approximate surface area is 112 Å². The Morgan fingerprint density at radius 1 is 1.42 bits per heavy atom. The first-order chi connectivity index (χ1) is 9.17. The molecule has 0 aliphatic heterocycles. The van der Waals surface area contributed by atoms with Crippen LogP contribution < -0.4 is 4.74 Å². The highest BCUT2D eigenvalue weighted by atomic mass is 16.6. The van der Waals surface area contributed by atoms with Gasteiger partial charge in [-0.1, -0.05) is 0 Å². The Morgan fingerprint density at radius 2 is 2.21 bits per heavy atom. The fourth-order valence-electron chi connectivity index (χ4n) is 1.45. The van der Waals surface area contributed by atoms with Crippen molar-refractivity contribution in [3.63, 3.8) is 0 Å². The molecule has 1 amide bonds. The lowest BCUT2D eigenvalue weighted by molar-refractivity contribution is 0.163. The molecule has 1 aromatic heterocycles. The Bertz CT molecular complexity index is 426. The van der Waals surface area contributed by atoms with Gasteiger partial charge in [0.05, 0.1) is 13.2 Å². The number of amides is 1. The van der Waals surface area contributed by atoms with Gasteiger partial charge in [-0.05, 0) is 33.6 Å². The van der Waals surface area contributed by atoms with Gasteiger partial charge in [0.25, 0.3) is 0 Å². The fraction of sp³-hybridized carbons (Fsp3) is 0.615. The van der Waals surface area contributed by atoms with Gasteiger partial charge >= 0.3 is 12.0 Å². The Morgan fingerprint density at radius 3 is 2.89 bits per heavy atom. The third-order valence-electron chi connectivity index (χ3n) is 2.26. The molecule has 106 valence electrons. The standard InChI is InChI=1S/C13H20N2O4/c1-4-17-12-10(3)15-11(19-12)8-6-7-9-14-13(16)18-5-2/h9H,4-8H2,1-3H3/b14-9+. The fourth-order valence-corrected chi connectivity index (χ4v) is 1.45. The molecule has 0 saturated heterocycles. The first kappa shape index (κ1) is 15.2. The summed E-state index contributed by atoms with van der Waals surface area (Å²) in [5.41, 5.74) is 0.761. The molecule has 1 rings (SSSR count). The van der Waals surface area contributed by atoms with Crippen LogP contribution in [0, 0.1) is 6.92 Å². The highest BCUT2D eigenvalue weighted by Crippen LogP contribution is 2.19. The second kappa shape index (κ2) is 8.29. The number of carbonyl (C=O) groups excluding carboxylic acids is 1. The number of unbranched alkanes of at least 4 members (excludes halogenated alkanes) is 1. The van der Waals surface area contributed by atoms with Crippen LogP contribution in [0.15, 0.2) is 9.41 Å². The second-order valence-corrected chi connectivity index (χ2v) is 3.82. The van der Waals surface area contributed by atoms with Gasteiger partial charge in [-0.2, -0.15) is 4.99 Å². The zero-order valence-electron chi connectivity index (χ0n) is 11.6. The highest BCUT2D eigenvalue weighted by molar-refractivity contribution is 5.79. The molecule has 0 bridgehead atoms. The monoisotopic (exact) mass is 268 g/mol. The van der Waals surface area contributed by atoms with Gasteiger partial charge in [0, 0.05) is 12.6 Å². The molecule has 0 atom stereocenters. The van der Waals surface area contributed by atoms with Crippen molar-refractivity contribution in [1.82, 2.24) is 4.98 Å². The van der Waals surface area contributed by atoms with Gasteiger partial charge in [-0.25, -0.2) is 9.78 Å². The van der Waals surface area contributed by atoms with E-state index in [1.807, 2.05) is 13.8 Å². The smallest absolute Gasteiger partial charge is 0.433 e. The molecule has 0 aliphatic carbocycles. The van der Waals surface area contributed by atoms with Crippen LogP contribution in [0.4, 0.5) is 4.79 Å². The summed E-state index contributed by atoms with van der Waals surface area (Å²) in [5, 5.41) is 0. The minimum Gasteiger partial charge on any atom is -0.464 e. The molecule has 0 spiro atoms. The molecule has 0 saturated carbocycles. The van der Waals surface area contributed by atoms with E-state index in [1.54, 1.807) is 13.1 Å². The largest absolute Gasteiger partial charge is 0.464 e. The van der Waals surface area contributed by atoms with Crippen molar-refractivity contribution in [1.29, 1.82) is 0 Å². The van der Waals surface area contributed by atoms with Crippen LogP contribution in [0.25, 0.3) is 0 Å². The number of hydrogen-bond donors (Lipinski definition) is 0. The van der Waals surface area contributed by atoms with E-state index in [1.165, 1.54) is 0 Å². The SMILES string of the molecule is CCOC(=O)/N=C/CCCc1nc(C)c(OCC)o1. The lowest BCUT2D eigenvalue weighted by Crippen LogP contribution is -1.97. The number of hydrogen-bond acceptors (Lipinski definition) is 5. The van der Waals surface area contributed by atoms with Crippen molar-refractivity contribution >= 4 is 12.3 Å². The summed E-state index contributed by atoms with van der Waals surface area (Å²) < 4.78 is 15.4. The molecule has 1 aromatic rings. The second-order valence-electron chi connectivity index (χ2n) is 3.82. The maximum absolute atomic E-state index is 10.9. The van der Waals surface area contributed by atoms with Gasteiger partial charge in [-0.3, -0.25) is 0 Å². The molecule has 6 heteroatoms. The molecule has 6 nitrogen and oxygen atoms in total. The summed E-state index contributed by atoms with van der Waals surface area (Å²) in [6.07, 6.45) is 3.16. The van der Waals surface area contributed by atoms with E-state index in [2.05, 4.69) is 14.7 Å². The zero-order chi connectivity index (χ0) is 14.1. The van der Waals surface area contributed by atoms with E-state index in [4.69, 9.17) is 9.15 Å². The van der Waals surface area contributed by atoms with Crippen LogP contribution in [-0.4, -0.2) is 30.5 Å². The maximum Gasteiger partial charge on any atom is 0.433 e. The van der Waals surface area contributed by atoms with Crippen LogP contribution in [-0.2, 0) is 11.2 Å². The van der Waals surface area contributed by atoms with E-state index in [0.717, 1.165) is 12.1 Å². The Kier molecular flexibility index (Phi) is 6.63. The summed E-state index contributed by atoms with van der Waals surface area (Å²) in [6.45, 7) is 6.38.